The minimum absolute atomic E-state index is 0. The van der Waals surface area contributed by atoms with Crippen LogP contribution in [0.1, 0.15) is 25.7 Å². The molecule has 0 saturated carbocycles. The molecule has 0 bridgehead atoms. The second-order valence-electron chi connectivity index (χ2n) is 6.40. The van der Waals surface area contributed by atoms with Gasteiger partial charge in [-0.3, -0.25) is 0 Å². The molecule has 0 fully saturated rings. The Morgan fingerprint density at radius 1 is 0.879 bits per heavy atom. The van der Waals surface area contributed by atoms with E-state index in [9.17, 15) is 16.8 Å². The van der Waals surface area contributed by atoms with E-state index in [1.165, 1.54) is 22.3 Å². The smallest absolute Gasteiger partial charge is 0.231 e. The molecule has 0 aliphatic rings. The van der Waals surface area contributed by atoms with E-state index in [0.717, 1.165) is 15.3 Å². The Morgan fingerprint density at radius 2 is 1.33 bits per heavy atom. The fraction of sp³-hybridized carbons (Fsp3) is 0.294. The largest absolute Gasteiger partial charge is 0.257 e. The minimum atomic E-state index is -3.85. The lowest BCUT2D eigenvalue weighted by Gasteiger charge is -2.01. The van der Waals surface area contributed by atoms with Crippen molar-refractivity contribution in [2.75, 3.05) is 5.75 Å². The first kappa shape index (κ1) is 26.9. The summed E-state index contributed by atoms with van der Waals surface area (Å²) in [4.78, 5) is 8.12. The molecule has 4 N–H and O–H groups in total. The molecule has 0 atom stereocenters. The van der Waals surface area contributed by atoms with Crippen molar-refractivity contribution in [1.82, 2.24) is 29.2 Å². The maximum absolute atomic E-state index is 11.5. The Hall–Kier alpha value is -2.30. The highest BCUT2D eigenvalue weighted by Crippen LogP contribution is 2.19. The number of aryl methyl sites for hydroxylation is 2. The Balaban J connectivity index is 0.000000228. The van der Waals surface area contributed by atoms with Crippen LogP contribution in [-0.4, -0.2) is 51.8 Å². The first-order valence-corrected chi connectivity index (χ1v) is 13.3. The van der Waals surface area contributed by atoms with Crippen molar-refractivity contribution in [2.24, 2.45) is 10.3 Å². The maximum atomic E-state index is 11.5. The molecule has 180 valence electrons. The molecule has 0 aromatic carbocycles. The molecule has 0 aliphatic carbocycles. The van der Waals surface area contributed by atoms with E-state index in [1.54, 1.807) is 26.0 Å². The average Bonchev–Trinajstić information content (AvgIpc) is 3.16. The van der Waals surface area contributed by atoms with Gasteiger partial charge in [-0.1, -0.05) is 26.0 Å². The minimum Gasteiger partial charge on any atom is -0.231 e. The molecule has 0 radical (unpaired) electrons. The Labute approximate surface area is 200 Å². The molecule has 4 heterocycles. The van der Waals surface area contributed by atoms with Crippen LogP contribution in [0.5, 0.6) is 0 Å². The van der Waals surface area contributed by atoms with Gasteiger partial charge in [0, 0.05) is 0 Å². The second-order valence-corrected chi connectivity index (χ2v) is 11.0. The van der Waals surface area contributed by atoms with Gasteiger partial charge in [0.25, 0.3) is 20.0 Å². The summed E-state index contributed by atoms with van der Waals surface area (Å²) >= 11 is 7.18. The molecule has 16 heteroatoms. The van der Waals surface area contributed by atoms with Crippen LogP contribution in [-0.2, 0) is 20.0 Å². The van der Waals surface area contributed by atoms with Crippen LogP contribution in [0, 0.1) is 13.8 Å². The van der Waals surface area contributed by atoms with Gasteiger partial charge in [0.1, 0.15) is 10.2 Å². The zero-order chi connectivity index (χ0) is 23.8. The van der Waals surface area contributed by atoms with Crippen molar-refractivity contribution < 1.29 is 16.8 Å². The highest BCUT2D eigenvalue weighted by molar-refractivity contribution is 7.99. The number of hydrogen-bond acceptors (Lipinski definition) is 9. The number of thioether (sulfide) groups is 1. The summed E-state index contributed by atoms with van der Waals surface area (Å²) in [6.45, 7) is 5.14. The lowest BCUT2D eigenvalue weighted by molar-refractivity contribution is 0.586. The van der Waals surface area contributed by atoms with Crippen LogP contribution in [0.2, 0.25) is 5.15 Å². The Kier molecular flexibility index (Phi) is 8.09. The maximum Gasteiger partial charge on any atom is 0.257 e. The molecule has 12 nitrogen and oxygen atoms in total. The number of hydrogen-bond donors (Lipinski definition) is 2. The lowest BCUT2D eigenvalue weighted by atomic mass is 10.6. The number of imidazole rings is 2. The van der Waals surface area contributed by atoms with E-state index in [4.69, 9.17) is 21.9 Å². The van der Waals surface area contributed by atoms with E-state index in [1.807, 2.05) is 13.0 Å². The summed E-state index contributed by atoms with van der Waals surface area (Å²) in [5.74, 6) is 0.858. The van der Waals surface area contributed by atoms with Gasteiger partial charge in [-0.25, -0.2) is 37.1 Å². The van der Waals surface area contributed by atoms with Gasteiger partial charge in [0.05, 0.1) is 11.4 Å². The normalized spacial score (nSPS) is 11.8. The van der Waals surface area contributed by atoms with E-state index in [2.05, 4.69) is 20.2 Å². The zero-order valence-electron chi connectivity index (χ0n) is 17.1. The summed E-state index contributed by atoms with van der Waals surface area (Å²) in [6.07, 6.45) is 0. The molecule has 0 amide bonds. The molecule has 0 saturated heterocycles. The van der Waals surface area contributed by atoms with Gasteiger partial charge in [-0.15, -0.1) is 11.8 Å². The van der Waals surface area contributed by atoms with E-state index < -0.39 is 20.0 Å². The fourth-order valence-electron chi connectivity index (χ4n) is 2.89. The number of nitrogens with two attached hydrogens (primary N) is 2. The number of sulfonamides is 2. The summed E-state index contributed by atoms with van der Waals surface area (Å²) in [5.41, 5.74) is 1.53. The number of primary sulfonamides is 2. The van der Waals surface area contributed by atoms with Crippen molar-refractivity contribution >= 4 is 54.7 Å². The van der Waals surface area contributed by atoms with Gasteiger partial charge in [-0.2, -0.15) is 19.2 Å². The van der Waals surface area contributed by atoms with Gasteiger partial charge in [0.2, 0.25) is 0 Å². The number of fused-ring (bicyclic) bond motifs is 2. The predicted octanol–water partition coefficient (Wildman–Crippen LogP) is 1.77. The third-order valence-electron chi connectivity index (χ3n) is 3.97. The molecular weight excluding hydrogens is 512 g/mol. The highest BCUT2D eigenvalue weighted by atomic mass is 35.5. The molecule has 0 spiro atoms. The lowest BCUT2D eigenvalue weighted by Crippen LogP contribution is -2.16. The van der Waals surface area contributed by atoms with Crippen LogP contribution in [0.15, 0.2) is 39.3 Å². The quantitative estimate of drug-likeness (QED) is 0.368. The molecule has 4 aromatic heterocycles. The van der Waals surface area contributed by atoms with Crippen LogP contribution in [0.4, 0.5) is 0 Å². The SMILES string of the molecule is C.CCSc1ccc2nc(C)c(S(N)(=O)=O)n2n1.Cc1nc2ccc(Cl)nn2c1S(N)(=O)=O. The number of nitrogens with zero attached hydrogens (tertiary/aromatic N) is 6. The topological polar surface area (TPSA) is 181 Å². The summed E-state index contributed by atoms with van der Waals surface area (Å²) in [6, 6.07) is 6.63. The third-order valence-corrected chi connectivity index (χ3v) is 6.99. The van der Waals surface area contributed by atoms with Crippen LogP contribution in [0.3, 0.4) is 0 Å². The summed E-state index contributed by atoms with van der Waals surface area (Å²) < 4.78 is 47.9. The molecule has 4 aromatic rings. The van der Waals surface area contributed by atoms with Crippen LogP contribution >= 0.6 is 23.4 Å². The highest BCUT2D eigenvalue weighted by Gasteiger charge is 2.21. The van der Waals surface area contributed by atoms with Gasteiger partial charge in [-0.05, 0) is 43.9 Å². The molecule has 4 rings (SSSR count). The molecule has 0 unspecified atom stereocenters. The summed E-state index contributed by atoms with van der Waals surface area (Å²) in [5, 5.41) is 19.0. The first-order valence-electron chi connectivity index (χ1n) is 8.89. The van der Waals surface area contributed by atoms with Gasteiger partial charge >= 0.3 is 0 Å². The van der Waals surface area contributed by atoms with Gasteiger partial charge < -0.3 is 0 Å². The third kappa shape index (κ3) is 5.80. The van der Waals surface area contributed by atoms with Crippen molar-refractivity contribution in [1.29, 1.82) is 0 Å². The van der Waals surface area contributed by atoms with Crippen molar-refractivity contribution in [3.63, 3.8) is 0 Å². The fourth-order valence-corrected chi connectivity index (χ4v) is 5.29. The number of halogens is 1. The van der Waals surface area contributed by atoms with Crippen molar-refractivity contribution in [3.8, 4) is 0 Å². The zero-order valence-corrected chi connectivity index (χ0v) is 20.3. The van der Waals surface area contributed by atoms with Crippen molar-refractivity contribution in [2.45, 2.75) is 43.3 Å². The number of rotatable bonds is 4. The van der Waals surface area contributed by atoms with E-state index in [0.29, 0.717) is 22.7 Å². The number of aromatic nitrogens is 6. The van der Waals surface area contributed by atoms with Gasteiger partial charge in [0.15, 0.2) is 21.3 Å². The van der Waals surface area contributed by atoms with E-state index in [-0.39, 0.29) is 22.6 Å². The molecule has 0 aliphatic heterocycles. The average molecular weight is 535 g/mol. The predicted molar refractivity (Wildman–Crippen MR) is 126 cm³/mol. The second kappa shape index (κ2) is 9.90. The molecular formula is C17H23ClN8O4S3. The van der Waals surface area contributed by atoms with Crippen LogP contribution in [0.25, 0.3) is 11.3 Å². The molecule has 33 heavy (non-hydrogen) atoms. The Bertz CT molecular complexity index is 1530. The standard InChI is InChI=1S/C9H12N4O2S2.C7H7ClN4O2S.CH4/c1-3-16-8-5-4-7-11-6(2)9(13(7)12-8)17(10,14)15;1-4-7(15(9,13)14)12-6(10-4)3-2-5(8)11-12;/h4-5H,3H2,1-2H3,(H2,10,14,15);2-3H,1H3,(H2,9,13,14);1H4. The van der Waals surface area contributed by atoms with Crippen molar-refractivity contribution in [3.05, 3.63) is 40.8 Å². The first-order chi connectivity index (χ1) is 14.8. The summed E-state index contributed by atoms with van der Waals surface area (Å²) in [7, 11) is -7.67. The van der Waals surface area contributed by atoms with E-state index >= 15 is 0 Å². The van der Waals surface area contributed by atoms with Crippen LogP contribution < -0.4 is 10.3 Å². The monoisotopic (exact) mass is 534 g/mol. The Morgan fingerprint density at radius 3 is 1.79 bits per heavy atom.